The third-order valence-corrected chi connectivity index (χ3v) is 5.41. The third-order valence-electron chi connectivity index (χ3n) is 4.83. The number of carbonyl (C=O) groups excluding carboxylic acids is 1. The van der Waals surface area contributed by atoms with E-state index >= 15 is 0 Å². The Morgan fingerprint density at radius 2 is 1.93 bits per heavy atom. The van der Waals surface area contributed by atoms with Gasteiger partial charge in [-0.25, -0.2) is 4.98 Å². The zero-order valence-electron chi connectivity index (χ0n) is 16.5. The van der Waals surface area contributed by atoms with Crippen molar-refractivity contribution in [2.45, 2.75) is 39.2 Å². The van der Waals surface area contributed by atoms with Gasteiger partial charge in [-0.1, -0.05) is 54.4 Å². The predicted octanol–water partition coefficient (Wildman–Crippen LogP) is 5.80. The van der Waals surface area contributed by atoms with Crippen LogP contribution < -0.4 is 5.32 Å². The molecule has 0 aliphatic rings. The molecule has 3 aromatic rings. The molecule has 152 valence electrons. The van der Waals surface area contributed by atoms with E-state index in [0.717, 1.165) is 48.1 Å². The van der Waals surface area contributed by atoms with E-state index in [4.69, 9.17) is 28.2 Å². The minimum absolute atomic E-state index is 0.0772. The van der Waals surface area contributed by atoms with Crippen molar-refractivity contribution >= 4 is 40.1 Å². The number of nitrogens with zero attached hydrogens (tertiary/aromatic N) is 2. The highest BCUT2D eigenvalue weighted by molar-refractivity contribution is 6.35. The largest absolute Gasteiger partial charge is 0.352 e. The molecule has 0 atom stereocenters. The number of nitrogens with one attached hydrogen (secondary N) is 1. The number of carbonyl (C=O) groups is 1. The second kappa shape index (κ2) is 9.95. The molecule has 0 saturated carbocycles. The average molecular weight is 430 g/mol. The maximum atomic E-state index is 11.5. The molecule has 3 rings (SSSR count). The number of rotatable bonds is 9. The molecule has 1 amide bonds. The quantitative estimate of drug-likeness (QED) is 0.345. The monoisotopic (exact) mass is 429 g/mol. The van der Waals surface area contributed by atoms with Crippen LogP contribution in [0.2, 0.25) is 10.0 Å². The Balaban J connectivity index is 1.67. The normalized spacial score (nSPS) is 11.0. The summed E-state index contributed by atoms with van der Waals surface area (Å²) in [5, 5.41) is 4.17. The van der Waals surface area contributed by atoms with Gasteiger partial charge in [0.2, 0.25) is 5.91 Å². The minimum atomic E-state index is -0.0772. The number of imidazole rings is 1. The molecule has 29 heavy (non-hydrogen) atoms. The van der Waals surface area contributed by atoms with Crippen molar-refractivity contribution in [3.8, 4) is 0 Å². The van der Waals surface area contributed by atoms with E-state index in [-0.39, 0.29) is 5.91 Å². The molecule has 6 heteroatoms. The van der Waals surface area contributed by atoms with Gasteiger partial charge in [0.05, 0.1) is 17.6 Å². The summed E-state index contributed by atoms with van der Waals surface area (Å²) in [6.45, 7) is 6.68. The fourth-order valence-corrected chi connectivity index (χ4v) is 3.72. The minimum Gasteiger partial charge on any atom is -0.352 e. The van der Waals surface area contributed by atoms with Gasteiger partial charge in [0.15, 0.2) is 0 Å². The lowest BCUT2D eigenvalue weighted by molar-refractivity contribution is -0.117. The van der Waals surface area contributed by atoms with Crippen LogP contribution in [0.1, 0.15) is 37.6 Å². The number of hydrogen-bond acceptors (Lipinski definition) is 2. The van der Waals surface area contributed by atoms with Gasteiger partial charge in [0.25, 0.3) is 0 Å². The Kier molecular flexibility index (Phi) is 7.34. The van der Waals surface area contributed by atoms with E-state index in [1.165, 1.54) is 0 Å². The molecule has 1 N–H and O–H groups in total. The maximum Gasteiger partial charge on any atom is 0.246 e. The second-order valence-electron chi connectivity index (χ2n) is 7.19. The standard InChI is InChI=1S/C23H25Cl2N3O/c1-16(2)23(29)26-13-7-3-4-10-22-27-20-8-5-6-9-21(20)28(22)15-17-11-12-18(24)14-19(17)25/h5-6,8-9,11-12,14H,1,3-4,7,10,13,15H2,2H3,(H,26,29). The van der Waals surface area contributed by atoms with E-state index in [9.17, 15) is 4.79 Å². The lowest BCUT2D eigenvalue weighted by Gasteiger charge is -2.11. The zero-order chi connectivity index (χ0) is 20.8. The lowest BCUT2D eigenvalue weighted by atomic mass is 10.1. The Morgan fingerprint density at radius 1 is 1.14 bits per heavy atom. The summed E-state index contributed by atoms with van der Waals surface area (Å²) in [5.41, 5.74) is 3.64. The first-order chi connectivity index (χ1) is 14.0. The maximum absolute atomic E-state index is 11.5. The number of aromatic nitrogens is 2. The van der Waals surface area contributed by atoms with Crippen molar-refractivity contribution in [2.75, 3.05) is 6.54 Å². The first-order valence-corrected chi connectivity index (χ1v) is 10.5. The lowest BCUT2D eigenvalue weighted by Crippen LogP contribution is -2.24. The van der Waals surface area contributed by atoms with Crippen LogP contribution in [0.25, 0.3) is 11.0 Å². The number of halogens is 2. The second-order valence-corrected chi connectivity index (χ2v) is 8.03. The number of hydrogen-bond donors (Lipinski definition) is 1. The zero-order valence-corrected chi connectivity index (χ0v) is 18.1. The van der Waals surface area contributed by atoms with Crippen LogP contribution in [0.5, 0.6) is 0 Å². The van der Waals surface area contributed by atoms with Crippen molar-refractivity contribution in [1.29, 1.82) is 0 Å². The number of benzene rings is 2. The van der Waals surface area contributed by atoms with E-state index in [1.54, 1.807) is 13.0 Å². The number of para-hydroxylation sites is 2. The summed E-state index contributed by atoms with van der Waals surface area (Å²) >= 11 is 12.4. The van der Waals surface area contributed by atoms with Crippen molar-refractivity contribution < 1.29 is 4.79 Å². The molecular formula is C23H25Cl2N3O. The molecule has 0 aliphatic heterocycles. The summed E-state index contributed by atoms with van der Waals surface area (Å²) in [6, 6.07) is 13.8. The molecule has 0 saturated heterocycles. The van der Waals surface area contributed by atoms with E-state index in [1.807, 2.05) is 30.3 Å². The SMILES string of the molecule is C=C(C)C(=O)NCCCCCc1nc2ccccc2n1Cc1ccc(Cl)cc1Cl. The van der Waals surface area contributed by atoms with Crippen molar-refractivity contribution in [3.05, 3.63) is 76.0 Å². The van der Waals surface area contributed by atoms with Crippen LogP contribution in [-0.2, 0) is 17.8 Å². The highest BCUT2D eigenvalue weighted by Crippen LogP contribution is 2.25. The third kappa shape index (κ3) is 5.62. The van der Waals surface area contributed by atoms with E-state index in [2.05, 4.69) is 22.5 Å². The van der Waals surface area contributed by atoms with Crippen LogP contribution >= 0.6 is 23.2 Å². The molecule has 1 heterocycles. The van der Waals surface area contributed by atoms with Gasteiger partial charge >= 0.3 is 0 Å². The number of fused-ring (bicyclic) bond motifs is 1. The summed E-state index contributed by atoms with van der Waals surface area (Å²) in [4.78, 5) is 16.4. The molecule has 0 bridgehead atoms. The van der Waals surface area contributed by atoms with Gasteiger partial charge < -0.3 is 9.88 Å². The summed E-state index contributed by atoms with van der Waals surface area (Å²) in [5.74, 6) is 0.967. The van der Waals surface area contributed by atoms with Crippen LogP contribution in [0.3, 0.4) is 0 Å². The fourth-order valence-electron chi connectivity index (χ4n) is 3.25. The summed E-state index contributed by atoms with van der Waals surface area (Å²) in [7, 11) is 0. The molecule has 0 unspecified atom stereocenters. The Labute approximate surface area is 181 Å². The smallest absolute Gasteiger partial charge is 0.246 e. The molecule has 2 aromatic carbocycles. The molecule has 1 aromatic heterocycles. The summed E-state index contributed by atoms with van der Waals surface area (Å²) < 4.78 is 2.23. The van der Waals surface area contributed by atoms with E-state index in [0.29, 0.717) is 28.7 Å². The molecule has 0 spiro atoms. The molecule has 0 fully saturated rings. The molecular weight excluding hydrogens is 405 g/mol. The Morgan fingerprint density at radius 3 is 2.69 bits per heavy atom. The van der Waals surface area contributed by atoms with Crippen molar-refractivity contribution in [3.63, 3.8) is 0 Å². The van der Waals surface area contributed by atoms with Crippen LogP contribution in [0.15, 0.2) is 54.6 Å². The average Bonchev–Trinajstić information content (AvgIpc) is 3.03. The van der Waals surface area contributed by atoms with Gasteiger partial charge in [-0.2, -0.15) is 0 Å². The molecule has 0 aliphatic carbocycles. The molecule has 0 radical (unpaired) electrons. The predicted molar refractivity (Wildman–Crippen MR) is 121 cm³/mol. The van der Waals surface area contributed by atoms with Gasteiger partial charge in [0, 0.05) is 28.6 Å². The van der Waals surface area contributed by atoms with Crippen molar-refractivity contribution in [2.24, 2.45) is 0 Å². The first-order valence-electron chi connectivity index (χ1n) is 9.77. The summed E-state index contributed by atoms with van der Waals surface area (Å²) in [6.07, 6.45) is 3.82. The first kappa shape index (κ1) is 21.4. The van der Waals surface area contributed by atoms with Gasteiger partial charge in [-0.15, -0.1) is 0 Å². The van der Waals surface area contributed by atoms with Crippen molar-refractivity contribution in [1.82, 2.24) is 14.9 Å². The number of aryl methyl sites for hydroxylation is 1. The van der Waals surface area contributed by atoms with Gasteiger partial charge in [-0.3, -0.25) is 4.79 Å². The van der Waals surface area contributed by atoms with E-state index < -0.39 is 0 Å². The highest BCUT2D eigenvalue weighted by atomic mass is 35.5. The van der Waals surface area contributed by atoms with Crippen LogP contribution in [0.4, 0.5) is 0 Å². The van der Waals surface area contributed by atoms with Gasteiger partial charge in [-0.05, 0) is 49.6 Å². The topological polar surface area (TPSA) is 46.9 Å². The van der Waals surface area contributed by atoms with Crippen LogP contribution in [-0.4, -0.2) is 22.0 Å². The number of amides is 1. The highest BCUT2D eigenvalue weighted by Gasteiger charge is 2.12. The fraction of sp³-hybridized carbons (Fsp3) is 0.304. The molecule has 4 nitrogen and oxygen atoms in total. The van der Waals surface area contributed by atoms with Gasteiger partial charge in [0.1, 0.15) is 5.82 Å². The Bertz CT molecular complexity index is 1030. The number of unbranched alkanes of at least 4 members (excludes halogenated alkanes) is 2. The van der Waals surface area contributed by atoms with Crippen LogP contribution in [0, 0.1) is 0 Å². The Hall–Kier alpha value is -2.30.